The first-order chi connectivity index (χ1) is 20.1. The highest BCUT2D eigenvalue weighted by molar-refractivity contribution is 7.92. The zero-order valence-corrected chi connectivity index (χ0v) is 25.1. The number of halogens is 4. The van der Waals surface area contributed by atoms with Crippen molar-refractivity contribution < 1.29 is 41.0 Å². The van der Waals surface area contributed by atoms with E-state index in [0.717, 1.165) is 40.8 Å². The van der Waals surface area contributed by atoms with Crippen LogP contribution in [0.25, 0.3) is 10.9 Å². The molecule has 0 unspecified atom stereocenters. The lowest BCUT2D eigenvalue weighted by molar-refractivity contribution is -0.192. The first kappa shape index (κ1) is 32.5. The van der Waals surface area contributed by atoms with Crippen molar-refractivity contribution in [2.45, 2.75) is 53.9 Å². The Morgan fingerprint density at radius 2 is 1.79 bits per heavy atom. The first-order valence-corrected chi connectivity index (χ1v) is 15.7. The number of fused-ring (bicyclic) bond motifs is 1. The van der Waals surface area contributed by atoms with Crippen LogP contribution in [0, 0.1) is 0 Å². The highest BCUT2D eigenvalue weighted by Crippen LogP contribution is 2.35. The molecule has 9 nitrogen and oxygen atoms in total. The Hall–Kier alpha value is -3.46. The second kappa shape index (κ2) is 12.6. The summed E-state index contributed by atoms with van der Waals surface area (Å²) in [5, 5.41) is 12.5. The number of carboxylic acids is 1. The van der Waals surface area contributed by atoms with Crippen molar-refractivity contribution in [3.8, 4) is 5.75 Å². The molecule has 3 N–H and O–H groups in total. The molecule has 0 saturated heterocycles. The van der Waals surface area contributed by atoms with E-state index < -0.39 is 27.5 Å². The molecule has 1 aliphatic carbocycles. The number of benzene rings is 2. The molecule has 43 heavy (non-hydrogen) atoms. The fourth-order valence-corrected chi connectivity index (χ4v) is 7.21. The normalized spacial score (nSPS) is 14.2. The van der Waals surface area contributed by atoms with Crippen molar-refractivity contribution in [2.75, 3.05) is 7.11 Å². The molecule has 230 valence electrons. The number of sulfone groups is 1. The number of aryl methyl sites for hydroxylation is 1. The highest BCUT2D eigenvalue weighted by atomic mass is 35.5. The minimum atomic E-state index is -5.08. The summed E-state index contributed by atoms with van der Waals surface area (Å²) in [4.78, 5) is 21.2. The highest BCUT2D eigenvalue weighted by Gasteiger charge is 2.44. The number of methoxy groups -OCH3 is 1. The minimum absolute atomic E-state index is 0.121. The maximum Gasteiger partial charge on any atom is 0.490 e. The van der Waals surface area contributed by atoms with Crippen molar-refractivity contribution in [2.24, 2.45) is 5.73 Å². The Morgan fingerprint density at radius 3 is 2.37 bits per heavy atom. The number of nitrogens with zero attached hydrogens (tertiary/aromatic N) is 2. The summed E-state index contributed by atoms with van der Waals surface area (Å²) in [5.41, 5.74) is 8.68. The third kappa shape index (κ3) is 7.93. The SMILES string of the molecule is COc1cccc2c1c(CS(=O)(=O)c1ccc(Cl)s1)nn2Cc1cccc(CCC(=O)C2(N)CC2)c1.O=C(O)C(F)(F)F. The lowest BCUT2D eigenvalue weighted by Gasteiger charge is -2.09. The summed E-state index contributed by atoms with van der Waals surface area (Å²) in [6.07, 6.45) is -2.47. The lowest BCUT2D eigenvalue weighted by Crippen LogP contribution is -2.32. The van der Waals surface area contributed by atoms with Crippen LogP contribution in [0.5, 0.6) is 5.75 Å². The molecular formula is C28H27ClF3N3O6S2. The van der Waals surface area contributed by atoms with Crippen molar-refractivity contribution in [1.82, 2.24) is 9.78 Å². The Kier molecular flexibility index (Phi) is 9.54. The van der Waals surface area contributed by atoms with Crippen LogP contribution < -0.4 is 10.5 Å². The smallest absolute Gasteiger partial charge is 0.490 e. The number of alkyl halides is 3. The maximum absolute atomic E-state index is 13.1. The second-order valence-electron chi connectivity index (χ2n) is 9.98. The van der Waals surface area contributed by atoms with Crippen molar-refractivity contribution >= 4 is 55.4 Å². The summed E-state index contributed by atoms with van der Waals surface area (Å²) in [7, 11) is -2.08. The molecule has 0 amide bonds. The molecule has 0 bridgehead atoms. The molecule has 15 heteroatoms. The van der Waals surface area contributed by atoms with Gasteiger partial charge in [-0.1, -0.05) is 41.9 Å². The van der Waals surface area contributed by atoms with Gasteiger partial charge < -0.3 is 15.6 Å². The number of nitrogens with two attached hydrogens (primary N) is 1. The van der Waals surface area contributed by atoms with Gasteiger partial charge in [-0.25, -0.2) is 13.2 Å². The van der Waals surface area contributed by atoms with Gasteiger partial charge in [-0.2, -0.15) is 18.3 Å². The van der Waals surface area contributed by atoms with E-state index in [4.69, 9.17) is 37.1 Å². The lowest BCUT2D eigenvalue weighted by atomic mass is 10.0. The number of rotatable bonds is 10. The Bertz CT molecular complexity index is 1760. The topological polar surface area (TPSA) is 142 Å². The van der Waals surface area contributed by atoms with Gasteiger partial charge in [-0.3, -0.25) is 9.48 Å². The molecule has 5 rings (SSSR count). The van der Waals surface area contributed by atoms with Crippen molar-refractivity contribution in [1.29, 1.82) is 0 Å². The zero-order chi connectivity index (χ0) is 31.6. The number of Topliss-reactive ketones (excluding diaryl/α,β-unsaturated/α-hetero) is 1. The molecule has 1 saturated carbocycles. The Balaban J connectivity index is 0.000000541. The number of ketones is 1. The molecule has 0 aliphatic heterocycles. The average Bonchev–Trinajstić information content (AvgIpc) is 3.39. The van der Waals surface area contributed by atoms with Gasteiger partial charge in [0.05, 0.1) is 40.1 Å². The van der Waals surface area contributed by atoms with Gasteiger partial charge in [0.25, 0.3) is 0 Å². The van der Waals surface area contributed by atoms with E-state index in [2.05, 4.69) is 6.07 Å². The van der Waals surface area contributed by atoms with E-state index in [1.54, 1.807) is 23.9 Å². The van der Waals surface area contributed by atoms with Crippen LogP contribution in [-0.4, -0.2) is 53.9 Å². The number of hydrogen-bond donors (Lipinski definition) is 2. The van der Waals surface area contributed by atoms with Crippen LogP contribution in [0.4, 0.5) is 13.2 Å². The quantitative estimate of drug-likeness (QED) is 0.231. The predicted molar refractivity (Wildman–Crippen MR) is 155 cm³/mol. The number of aliphatic carboxylic acids is 1. The summed E-state index contributed by atoms with van der Waals surface area (Å²) in [6.45, 7) is 0.442. The Morgan fingerprint density at radius 1 is 1.14 bits per heavy atom. The van der Waals surface area contributed by atoms with E-state index in [1.807, 2.05) is 30.3 Å². The van der Waals surface area contributed by atoms with E-state index >= 15 is 0 Å². The Labute approximate surface area is 253 Å². The van der Waals surface area contributed by atoms with Gasteiger partial charge in [0.1, 0.15) is 15.7 Å². The molecule has 2 heterocycles. The van der Waals surface area contributed by atoms with Crippen LogP contribution in [0.1, 0.15) is 36.1 Å². The number of hydrogen-bond acceptors (Lipinski definition) is 8. The molecule has 1 fully saturated rings. The molecular weight excluding hydrogens is 631 g/mol. The number of carbonyl (C=O) groups is 2. The molecule has 2 aromatic carbocycles. The minimum Gasteiger partial charge on any atom is -0.496 e. The molecule has 2 aromatic heterocycles. The number of aromatic nitrogens is 2. The van der Waals surface area contributed by atoms with Gasteiger partial charge in [0.2, 0.25) is 0 Å². The zero-order valence-electron chi connectivity index (χ0n) is 22.7. The molecule has 4 aromatic rings. The van der Waals surface area contributed by atoms with Gasteiger partial charge in [-0.05, 0) is 54.7 Å². The fraction of sp³-hybridized carbons (Fsp3) is 0.321. The van der Waals surface area contributed by atoms with Gasteiger partial charge in [0, 0.05) is 6.42 Å². The van der Waals surface area contributed by atoms with Crippen LogP contribution >= 0.6 is 22.9 Å². The van der Waals surface area contributed by atoms with Gasteiger partial charge in [0.15, 0.2) is 15.6 Å². The van der Waals surface area contributed by atoms with Crippen LogP contribution in [-0.2, 0) is 38.1 Å². The molecule has 0 radical (unpaired) electrons. The second-order valence-corrected chi connectivity index (χ2v) is 13.9. The number of thiophene rings is 1. The molecule has 1 aliphatic rings. The summed E-state index contributed by atoms with van der Waals surface area (Å²) in [5.74, 6) is -2.34. The summed E-state index contributed by atoms with van der Waals surface area (Å²) in [6, 6.07) is 16.7. The standard InChI is InChI=1S/C26H26ClN3O4S2.C2HF3O2/c1-34-21-7-3-6-20-25(21)19(16-36(32,33)24-11-10-23(27)35-24)29-30(20)15-18-5-2-4-17(14-18)8-9-22(31)26(28)12-13-26;3-2(4,5)1(6)7/h2-7,10-11,14H,8-9,12-13,15-16,28H2,1H3;(H,6,7). The third-order valence-electron chi connectivity index (χ3n) is 6.77. The van der Waals surface area contributed by atoms with Crippen LogP contribution in [0.3, 0.4) is 0 Å². The molecule has 0 atom stereocenters. The largest absolute Gasteiger partial charge is 0.496 e. The summed E-state index contributed by atoms with van der Waals surface area (Å²) >= 11 is 7.01. The van der Waals surface area contributed by atoms with E-state index in [1.165, 1.54) is 6.07 Å². The number of ether oxygens (including phenoxy) is 1. The van der Waals surface area contributed by atoms with E-state index in [0.29, 0.717) is 40.6 Å². The van der Waals surface area contributed by atoms with Gasteiger partial charge in [-0.15, -0.1) is 11.3 Å². The van der Waals surface area contributed by atoms with Gasteiger partial charge >= 0.3 is 12.1 Å². The van der Waals surface area contributed by atoms with Crippen LogP contribution in [0.2, 0.25) is 4.34 Å². The first-order valence-electron chi connectivity index (χ1n) is 12.8. The predicted octanol–water partition coefficient (Wildman–Crippen LogP) is 5.41. The average molecular weight is 658 g/mol. The summed E-state index contributed by atoms with van der Waals surface area (Å²) < 4.78 is 65.9. The van der Waals surface area contributed by atoms with E-state index in [-0.39, 0.29) is 15.7 Å². The van der Waals surface area contributed by atoms with Crippen molar-refractivity contribution in [3.05, 3.63) is 75.8 Å². The van der Waals surface area contributed by atoms with E-state index in [9.17, 15) is 26.4 Å². The van der Waals surface area contributed by atoms with Crippen molar-refractivity contribution in [3.63, 3.8) is 0 Å². The van der Waals surface area contributed by atoms with Crippen LogP contribution in [0.15, 0.2) is 58.8 Å². The fourth-order valence-electron chi connectivity index (χ4n) is 4.36. The molecule has 0 spiro atoms. The monoisotopic (exact) mass is 657 g/mol. The maximum atomic E-state index is 13.1. The third-order valence-corrected chi connectivity index (χ3v) is 10.2. The number of carbonyl (C=O) groups excluding carboxylic acids is 1. The number of carboxylic acid groups (broad SMARTS) is 1.